The van der Waals surface area contributed by atoms with Gasteiger partial charge in [0.15, 0.2) is 5.75 Å². The van der Waals surface area contributed by atoms with Crippen LogP contribution >= 0.6 is 23.4 Å². The van der Waals surface area contributed by atoms with Crippen molar-refractivity contribution in [3.05, 3.63) is 28.5 Å². The largest absolute Gasteiger partial charge is 0.534 e. The van der Waals surface area contributed by atoms with Crippen LogP contribution in [0.1, 0.15) is 5.56 Å². The van der Waals surface area contributed by atoms with Crippen molar-refractivity contribution in [2.24, 2.45) is 7.05 Å². The van der Waals surface area contributed by atoms with Gasteiger partial charge in [-0.05, 0) is 25.3 Å². The van der Waals surface area contributed by atoms with Crippen LogP contribution in [0.5, 0.6) is 5.75 Å². The quantitative estimate of drug-likeness (QED) is 0.323. The van der Waals surface area contributed by atoms with Gasteiger partial charge in [0.25, 0.3) is 0 Å². The van der Waals surface area contributed by atoms with Crippen LogP contribution in [0.4, 0.5) is 17.6 Å². The van der Waals surface area contributed by atoms with Crippen molar-refractivity contribution in [3.63, 3.8) is 0 Å². The van der Waals surface area contributed by atoms with E-state index >= 15 is 0 Å². The highest BCUT2D eigenvalue weighted by atomic mass is 35.5. The Bertz CT molecular complexity index is 926. The van der Waals surface area contributed by atoms with E-state index in [0.29, 0.717) is 16.7 Å². The number of thioether (sulfide) groups is 1. The van der Waals surface area contributed by atoms with Crippen molar-refractivity contribution in [1.82, 2.24) is 9.78 Å². The second kappa shape index (κ2) is 6.69. The van der Waals surface area contributed by atoms with E-state index in [1.807, 2.05) is 0 Å². The van der Waals surface area contributed by atoms with E-state index in [1.165, 1.54) is 16.4 Å². The fourth-order valence-corrected chi connectivity index (χ4v) is 3.51. The molecule has 2 rings (SSSR count). The highest BCUT2D eigenvalue weighted by Crippen LogP contribution is 2.38. The average Bonchev–Trinajstić information content (AvgIpc) is 2.75. The van der Waals surface area contributed by atoms with Crippen molar-refractivity contribution < 1.29 is 30.2 Å². The molecule has 0 aliphatic rings. The molecule has 0 N–H and O–H groups in total. The lowest BCUT2D eigenvalue weighted by molar-refractivity contribution is -0.0500. The fraction of sp³-hybridized carbons (Fsp3) is 0.308. The summed E-state index contributed by atoms with van der Waals surface area (Å²) in [6, 6.07) is 1.45. The first-order valence-electron chi connectivity index (χ1n) is 6.46. The number of hydrogen-bond donors (Lipinski definition) is 0. The molecule has 138 valence electrons. The summed E-state index contributed by atoms with van der Waals surface area (Å²) in [7, 11) is -4.33. The zero-order valence-electron chi connectivity index (χ0n) is 13.0. The topological polar surface area (TPSA) is 61.2 Å². The minimum absolute atomic E-state index is 0.135. The Morgan fingerprint density at radius 1 is 1.32 bits per heavy atom. The molecule has 0 saturated carbocycles. The predicted molar refractivity (Wildman–Crippen MR) is 85.7 cm³/mol. The normalized spacial score (nSPS) is 12.5. The van der Waals surface area contributed by atoms with Crippen LogP contribution < -0.4 is 4.18 Å². The van der Waals surface area contributed by atoms with Gasteiger partial charge in [-0.1, -0.05) is 11.6 Å². The Morgan fingerprint density at radius 3 is 2.40 bits per heavy atom. The van der Waals surface area contributed by atoms with E-state index in [4.69, 9.17) is 11.6 Å². The van der Waals surface area contributed by atoms with Gasteiger partial charge in [0.1, 0.15) is 5.82 Å². The van der Waals surface area contributed by atoms with Gasteiger partial charge in [-0.25, -0.2) is 4.39 Å². The van der Waals surface area contributed by atoms with Crippen LogP contribution in [-0.4, -0.2) is 30.0 Å². The Kier molecular flexibility index (Phi) is 5.31. The second-order valence-electron chi connectivity index (χ2n) is 4.85. The highest BCUT2D eigenvalue weighted by molar-refractivity contribution is 7.98. The molecule has 0 bridgehead atoms. The van der Waals surface area contributed by atoms with Gasteiger partial charge >= 0.3 is 15.6 Å². The standard InChI is InChI=1S/C13H11ClF4N2O3S2/c1-6-11(19-20(2)12(6)24-3)7-4-10(8(14)5-9(7)15)23-25(21,22)13(16,17)18/h4-5H,1-3H3. The van der Waals surface area contributed by atoms with Crippen LogP contribution in [0.15, 0.2) is 17.2 Å². The molecule has 2 aromatic rings. The molecule has 1 heterocycles. The molecule has 0 amide bonds. The molecule has 0 fully saturated rings. The summed E-state index contributed by atoms with van der Waals surface area (Å²) < 4.78 is 79.5. The van der Waals surface area contributed by atoms with Crippen LogP contribution in [0.25, 0.3) is 11.3 Å². The molecule has 0 saturated heterocycles. The van der Waals surface area contributed by atoms with Crippen LogP contribution in [0, 0.1) is 12.7 Å². The van der Waals surface area contributed by atoms with Gasteiger partial charge in [-0.2, -0.15) is 26.7 Å². The summed E-state index contributed by atoms with van der Waals surface area (Å²) in [5.41, 5.74) is -5.17. The van der Waals surface area contributed by atoms with Gasteiger partial charge in [-0.15, -0.1) is 11.8 Å². The molecular weight excluding hydrogens is 408 g/mol. The summed E-state index contributed by atoms with van der Waals surface area (Å²) >= 11 is 6.96. The second-order valence-corrected chi connectivity index (χ2v) is 7.59. The van der Waals surface area contributed by atoms with Crippen molar-refractivity contribution in [2.75, 3.05) is 6.26 Å². The molecule has 0 spiro atoms. The lowest BCUT2D eigenvalue weighted by atomic mass is 10.1. The molecular formula is C13H11ClF4N2O3S2. The fourth-order valence-electron chi connectivity index (χ4n) is 2.10. The van der Waals surface area contributed by atoms with Crippen LogP contribution in [0.2, 0.25) is 5.02 Å². The summed E-state index contributed by atoms with van der Waals surface area (Å²) in [5.74, 6) is -1.72. The first-order chi connectivity index (χ1) is 11.4. The summed E-state index contributed by atoms with van der Waals surface area (Å²) in [5, 5.41) is 4.20. The third-order valence-electron chi connectivity index (χ3n) is 3.17. The first kappa shape index (κ1) is 19.9. The number of benzene rings is 1. The number of halogens is 5. The number of rotatable bonds is 4. The van der Waals surface area contributed by atoms with E-state index in [9.17, 15) is 26.0 Å². The van der Waals surface area contributed by atoms with Gasteiger partial charge in [0.05, 0.1) is 15.7 Å². The summed E-state index contributed by atoms with van der Waals surface area (Å²) in [4.78, 5) is 0. The molecule has 1 aromatic heterocycles. The van der Waals surface area contributed by atoms with Gasteiger partial charge in [0.2, 0.25) is 0 Å². The number of alkyl halides is 3. The van der Waals surface area contributed by atoms with E-state index in [1.54, 1.807) is 20.2 Å². The summed E-state index contributed by atoms with van der Waals surface area (Å²) in [6.45, 7) is 1.65. The van der Waals surface area contributed by atoms with Crippen molar-refractivity contribution in [2.45, 2.75) is 17.5 Å². The third kappa shape index (κ3) is 3.72. The lowest BCUT2D eigenvalue weighted by Gasteiger charge is -2.12. The van der Waals surface area contributed by atoms with Crippen molar-refractivity contribution in [1.29, 1.82) is 0 Å². The monoisotopic (exact) mass is 418 g/mol. The molecule has 0 aliphatic heterocycles. The van der Waals surface area contributed by atoms with Gasteiger partial charge < -0.3 is 4.18 Å². The Morgan fingerprint density at radius 2 is 1.92 bits per heavy atom. The molecule has 1 aromatic carbocycles. The first-order valence-corrected chi connectivity index (χ1v) is 9.48. The number of hydrogen-bond acceptors (Lipinski definition) is 5. The van der Waals surface area contributed by atoms with E-state index in [0.717, 1.165) is 6.07 Å². The van der Waals surface area contributed by atoms with Gasteiger partial charge in [-0.3, -0.25) is 4.68 Å². The van der Waals surface area contributed by atoms with Crippen LogP contribution in [0.3, 0.4) is 0 Å². The molecule has 0 radical (unpaired) electrons. The van der Waals surface area contributed by atoms with E-state index in [-0.39, 0.29) is 11.3 Å². The Labute approximate surface area is 150 Å². The predicted octanol–water partition coefficient (Wildman–Crippen LogP) is 4.14. The molecule has 12 heteroatoms. The molecule has 25 heavy (non-hydrogen) atoms. The third-order valence-corrected chi connectivity index (χ3v) is 5.39. The highest BCUT2D eigenvalue weighted by Gasteiger charge is 2.49. The van der Waals surface area contributed by atoms with E-state index in [2.05, 4.69) is 9.28 Å². The smallest absolute Gasteiger partial charge is 0.374 e. The zero-order chi connectivity index (χ0) is 19.2. The molecule has 0 atom stereocenters. The minimum atomic E-state index is -5.94. The minimum Gasteiger partial charge on any atom is -0.374 e. The maximum atomic E-state index is 14.2. The molecule has 5 nitrogen and oxygen atoms in total. The van der Waals surface area contributed by atoms with Gasteiger partial charge in [0, 0.05) is 18.2 Å². The number of aromatic nitrogens is 2. The maximum absolute atomic E-state index is 14.2. The SMILES string of the molecule is CSc1c(C)c(-c2cc(OS(=O)(=O)C(F)(F)F)c(Cl)cc2F)nn1C. The number of nitrogens with zero attached hydrogens (tertiary/aromatic N) is 2. The van der Waals surface area contributed by atoms with Crippen molar-refractivity contribution in [3.8, 4) is 17.0 Å². The lowest BCUT2D eigenvalue weighted by Crippen LogP contribution is -2.28. The number of aryl methyl sites for hydroxylation is 1. The van der Waals surface area contributed by atoms with Crippen LogP contribution in [-0.2, 0) is 17.2 Å². The average molecular weight is 419 g/mol. The van der Waals surface area contributed by atoms with E-state index < -0.39 is 32.2 Å². The Hall–Kier alpha value is -1.46. The zero-order valence-corrected chi connectivity index (χ0v) is 15.4. The van der Waals surface area contributed by atoms with Crippen molar-refractivity contribution >= 4 is 33.5 Å². The molecule has 0 aliphatic carbocycles. The maximum Gasteiger partial charge on any atom is 0.534 e. The summed E-state index contributed by atoms with van der Waals surface area (Å²) in [6.07, 6.45) is 1.77. The molecule has 0 unspecified atom stereocenters. The Balaban J connectivity index is 2.60.